The summed E-state index contributed by atoms with van der Waals surface area (Å²) in [6.45, 7) is 0. The first-order chi connectivity index (χ1) is 10.2. The Morgan fingerprint density at radius 3 is 2.57 bits per heavy atom. The number of hydrogen-bond donors (Lipinski definition) is 1. The van der Waals surface area contributed by atoms with Crippen molar-refractivity contribution in [3.8, 4) is 17.1 Å². The van der Waals surface area contributed by atoms with Crippen LogP contribution in [0.1, 0.15) is 0 Å². The number of halogens is 1. The first-order valence-electron chi connectivity index (χ1n) is 6.27. The van der Waals surface area contributed by atoms with Crippen molar-refractivity contribution in [1.82, 2.24) is 14.8 Å². The third kappa shape index (κ3) is 2.75. The molecule has 106 valence electrons. The predicted molar refractivity (Wildman–Crippen MR) is 86.4 cm³/mol. The minimum absolute atomic E-state index is 0.379. The highest BCUT2D eigenvalue weighted by Crippen LogP contribution is 2.29. The molecule has 6 heteroatoms. The minimum Gasteiger partial charge on any atom is -0.244 e. The van der Waals surface area contributed by atoms with E-state index in [9.17, 15) is 4.79 Å². The van der Waals surface area contributed by atoms with Gasteiger partial charge in [-0.3, -0.25) is 0 Å². The quantitative estimate of drug-likeness (QED) is 0.751. The Labute approximate surface area is 130 Å². The van der Waals surface area contributed by atoms with E-state index in [1.807, 2.05) is 42.7 Å². The summed E-state index contributed by atoms with van der Waals surface area (Å²) in [5, 5.41) is 3.37. The van der Waals surface area contributed by atoms with E-state index in [2.05, 4.69) is 10.1 Å². The van der Waals surface area contributed by atoms with Crippen LogP contribution in [0.4, 0.5) is 0 Å². The van der Waals surface area contributed by atoms with E-state index in [1.165, 1.54) is 0 Å². The lowest BCUT2D eigenvalue weighted by molar-refractivity contribution is 0.869. The van der Waals surface area contributed by atoms with Gasteiger partial charge in [-0.2, -0.15) is 4.98 Å². The van der Waals surface area contributed by atoms with Crippen molar-refractivity contribution in [2.24, 2.45) is 0 Å². The Morgan fingerprint density at radius 1 is 1.14 bits per heavy atom. The van der Waals surface area contributed by atoms with Gasteiger partial charge in [0.25, 0.3) is 0 Å². The van der Waals surface area contributed by atoms with Crippen LogP contribution < -0.4 is 5.69 Å². The zero-order valence-electron chi connectivity index (χ0n) is 11.2. The average molecular weight is 318 g/mol. The highest BCUT2D eigenvalue weighted by Gasteiger charge is 2.13. The van der Waals surface area contributed by atoms with Gasteiger partial charge in [-0.05, 0) is 36.6 Å². The van der Waals surface area contributed by atoms with Gasteiger partial charge in [0.1, 0.15) is 0 Å². The summed E-state index contributed by atoms with van der Waals surface area (Å²) in [5.74, 6) is 0.590. The molecule has 1 heterocycles. The minimum atomic E-state index is -0.379. The molecular weight excluding hydrogens is 306 g/mol. The van der Waals surface area contributed by atoms with Crippen LogP contribution in [0.25, 0.3) is 17.1 Å². The molecule has 21 heavy (non-hydrogen) atoms. The van der Waals surface area contributed by atoms with E-state index < -0.39 is 0 Å². The summed E-state index contributed by atoms with van der Waals surface area (Å²) in [5.41, 5.74) is 1.34. The van der Waals surface area contributed by atoms with E-state index in [4.69, 9.17) is 11.6 Å². The summed E-state index contributed by atoms with van der Waals surface area (Å²) < 4.78 is 1.67. The molecule has 0 fully saturated rings. The second kappa shape index (κ2) is 5.79. The number of benzene rings is 2. The summed E-state index contributed by atoms with van der Waals surface area (Å²) in [6.07, 6.45) is 2.00. The predicted octanol–water partition coefficient (Wildman–Crippen LogP) is 3.60. The molecule has 0 amide bonds. The standard InChI is InChI=1S/C15H12ClN3OS/c1-21-13-5-3-2-4-12(13)14-17-15(20)18-19(14)11-8-6-10(16)7-9-11/h2-9H,1H3,(H,18,20). The number of nitrogens with one attached hydrogen (secondary N) is 1. The summed E-state index contributed by atoms with van der Waals surface area (Å²) in [7, 11) is 0. The molecule has 3 rings (SSSR count). The fourth-order valence-corrected chi connectivity index (χ4v) is 2.83. The lowest BCUT2D eigenvalue weighted by Crippen LogP contribution is -2.05. The Bertz CT molecular complexity index is 823. The van der Waals surface area contributed by atoms with E-state index in [1.54, 1.807) is 28.6 Å². The first-order valence-corrected chi connectivity index (χ1v) is 7.87. The molecule has 0 radical (unpaired) electrons. The summed E-state index contributed by atoms with van der Waals surface area (Å²) in [6, 6.07) is 15.1. The number of thioether (sulfide) groups is 1. The van der Waals surface area contributed by atoms with Crippen LogP contribution in [-0.4, -0.2) is 21.0 Å². The van der Waals surface area contributed by atoms with Crippen LogP contribution in [-0.2, 0) is 0 Å². The van der Waals surface area contributed by atoms with Crippen LogP contribution in [0.5, 0.6) is 0 Å². The van der Waals surface area contributed by atoms with Crippen molar-refractivity contribution in [2.45, 2.75) is 4.90 Å². The Hall–Kier alpha value is -1.98. The number of rotatable bonds is 3. The van der Waals surface area contributed by atoms with E-state index >= 15 is 0 Å². The van der Waals surface area contributed by atoms with Crippen LogP contribution in [0, 0.1) is 0 Å². The van der Waals surface area contributed by atoms with Crippen molar-refractivity contribution in [3.63, 3.8) is 0 Å². The molecule has 3 aromatic rings. The van der Waals surface area contributed by atoms with Gasteiger partial charge < -0.3 is 0 Å². The molecule has 0 atom stereocenters. The molecule has 2 aromatic carbocycles. The summed E-state index contributed by atoms with van der Waals surface area (Å²) in [4.78, 5) is 16.9. The maximum absolute atomic E-state index is 11.7. The number of aromatic amines is 1. The molecule has 0 aliphatic rings. The van der Waals surface area contributed by atoms with Crippen molar-refractivity contribution in [3.05, 3.63) is 64.0 Å². The molecular formula is C15H12ClN3OS. The lowest BCUT2D eigenvalue weighted by atomic mass is 10.2. The van der Waals surface area contributed by atoms with Crippen LogP contribution >= 0.6 is 23.4 Å². The van der Waals surface area contributed by atoms with Crippen molar-refractivity contribution in [2.75, 3.05) is 6.26 Å². The smallest absolute Gasteiger partial charge is 0.244 e. The van der Waals surface area contributed by atoms with Crippen molar-refractivity contribution in [1.29, 1.82) is 0 Å². The van der Waals surface area contributed by atoms with Gasteiger partial charge in [0.05, 0.1) is 5.69 Å². The Balaban J connectivity index is 2.20. The van der Waals surface area contributed by atoms with Gasteiger partial charge >= 0.3 is 5.69 Å². The monoisotopic (exact) mass is 317 g/mol. The van der Waals surface area contributed by atoms with Crippen LogP contribution in [0.3, 0.4) is 0 Å². The average Bonchev–Trinajstić information content (AvgIpc) is 2.89. The maximum Gasteiger partial charge on any atom is 0.362 e. The number of hydrogen-bond acceptors (Lipinski definition) is 3. The summed E-state index contributed by atoms with van der Waals surface area (Å²) >= 11 is 7.52. The van der Waals surface area contributed by atoms with Crippen molar-refractivity contribution < 1.29 is 0 Å². The zero-order chi connectivity index (χ0) is 14.8. The fraction of sp³-hybridized carbons (Fsp3) is 0.0667. The number of aromatic nitrogens is 3. The van der Waals surface area contributed by atoms with E-state index in [0.29, 0.717) is 10.8 Å². The van der Waals surface area contributed by atoms with Gasteiger partial charge in [0.15, 0.2) is 5.82 Å². The zero-order valence-corrected chi connectivity index (χ0v) is 12.8. The maximum atomic E-state index is 11.7. The van der Waals surface area contributed by atoms with E-state index in [-0.39, 0.29) is 5.69 Å². The second-order valence-corrected chi connectivity index (χ2v) is 5.65. The molecule has 0 spiro atoms. The molecule has 0 bridgehead atoms. The highest BCUT2D eigenvalue weighted by molar-refractivity contribution is 7.98. The van der Waals surface area contributed by atoms with Crippen molar-refractivity contribution >= 4 is 23.4 Å². The topological polar surface area (TPSA) is 50.7 Å². The molecule has 0 unspecified atom stereocenters. The number of H-pyrrole nitrogens is 1. The van der Waals surface area contributed by atoms with Gasteiger partial charge in [-0.15, -0.1) is 11.8 Å². The molecule has 4 nitrogen and oxygen atoms in total. The first kappa shape index (κ1) is 14.0. The normalized spacial score (nSPS) is 10.8. The highest BCUT2D eigenvalue weighted by atomic mass is 35.5. The van der Waals surface area contributed by atoms with Gasteiger partial charge in [0, 0.05) is 15.5 Å². The lowest BCUT2D eigenvalue weighted by Gasteiger charge is -2.09. The molecule has 0 saturated heterocycles. The van der Waals surface area contributed by atoms with Crippen LogP contribution in [0.15, 0.2) is 58.2 Å². The third-order valence-electron chi connectivity index (χ3n) is 3.06. The number of nitrogens with zero attached hydrogens (tertiary/aromatic N) is 2. The van der Waals surface area contributed by atoms with Crippen LogP contribution in [0.2, 0.25) is 5.02 Å². The largest absolute Gasteiger partial charge is 0.362 e. The second-order valence-electron chi connectivity index (χ2n) is 4.36. The molecule has 0 saturated carbocycles. The van der Waals surface area contributed by atoms with Gasteiger partial charge in [-0.1, -0.05) is 29.8 Å². The van der Waals surface area contributed by atoms with E-state index in [0.717, 1.165) is 16.1 Å². The third-order valence-corrected chi connectivity index (χ3v) is 4.11. The Morgan fingerprint density at radius 2 is 1.86 bits per heavy atom. The SMILES string of the molecule is CSc1ccccc1-c1nc(=O)[nH]n1-c1ccc(Cl)cc1. The molecule has 1 aromatic heterocycles. The Kier molecular flexibility index (Phi) is 3.86. The molecule has 1 N–H and O–H groups in total. The van der Waals surface area contributed by atoms with Gasteiger partial charge in [0.2, 0.25) is 0 Å². The fourth-order valence-electron chi connectivity index (χ4n) is 2.11. The van der Waals surface area contributed by atoms with Gasteiger partial charge in [-0.25, -0.2) is 14.6 Å². The molecule has 0 aliphatic heterocycles. The molecule has 0 aliphatic carbocycles.